The van der Waals surface area contributed by atoms with E-state index in [4.69, 9.17) is 23.2 Å². The fourth-order valence-corrected chi connectivity index (χ4v) is 10.1. The third kappa shape index (κ3) is 5.71. The van der Waals surface area contributed by atoms with Gasteiger partial charge in [0.1, 0.15) is 0 Å². The zero-order valence-corrected chi connectivity index (χ0v) is 28.6. The summed E-state index contributed by atoms with van der Waals surface area (Å²) >= 11 is 14.2. The average molecular weight is 573 g/mol. The summed E-state index contributed by atoms with van der Waals surface area (Å²) in [7, 11) is -0.731. The monoisotopic (exact) mass is 570 g/mol. The topological polar surface area (TPSA) is 0 Å². The Hall–Kier alpha value is 0.640. The number of hydrogen-bond donors (Lipinski definition) is 0. The van der Waals surface area contributed by atoms with Crippen molar-refractivity contribution in [3.8, 4) is 0 Å². The van der Waals surface area contributed by atoms with Gasteiger partial charge in [-0.05, 0) is 44.0 Å². The van der Waals surface area contributed by atoms with Crippen LogP contribution in [0, 0.1) is 27.1 Å². The van der Waals surface area contributed by atoms with Crippen LogP contribution >= 0.6 is 23.2 Å². The Morgan fingerprint density at radius 1 is 0.625 bits per heavy atom. The Morgan fingerprint density at radius 2 is 1.00 bits per heavy atom. The summed E-state index contributed by atoms with van der Waals surface area (Å²) in [6.07, 6.45) is 0.923. The maximum atomic E-state index is 7.20. The Balaban J connectivity index is 0.00000512. The van der Waals surface area contributed by atoms with E-state index in [0.717, 1.165) is 16.5 Å². The molecule has 180 valence electrons. The van der Waals surface area contributed by atoms with Crippen LogP contribution in [0.15, 0.2) is 42.7 Å². The molecule has 2 aliphatic rings. The molecular formula is C28H46Cl2SiZr. The Morgan fingerprint density at radius 3 is 1.34 bits per heavy atom. The van der Waals surface area contributed by atoms with Crippen LogP contribution in [0.4, 0.5) is 0 Å². The fourth-order valence-electron chi connectivity index (χ4n) is 5.59. The van der Waals surface area contributed by atoms with Gasteiger partial charge in [0.15, 0.2) is 0 Å². The molecule has 32 heavy (non-hydrogen) atoms. The van der Waals surface area contributed by atoms with E-state index in [1.54, 1.807) is 10.4 Å². The first-order valence-corrected chi connectivity index (χ1v) is 14.0. The number of allylic oxidation sites excluding steroid dienone is 8. The molecule has 2 aliphatic carbocycles. The first-order valence-electron chi connectivity index (χ1n) is 11.8. The third-order valence-electron chi connectivity index (χ3n) is 6.71. The second-order valence-electron chi connectivity index (χ2n) is 14.3. The molecule has 0 amide bonds. The van der Waals surface area contributed by atoms with Crippen LogP contribution in [-0.4, -0.2) is 9.52 Å². The summed E-state index contributed by atoms with van der Waals surface area (Å²) in [6.45, 7) is 32.6. The molecule has 0 fully saturated rings. The molecule has 0 spiro atoms. The molecule has 0 heterocycles. The van der Waals surface area contributed by atoms with E-state index in [1.165, 1.54) is 22.3 Å². The van der Waals surface area contributed by atoms with Gasteiger partial charge in [-0.2, -0.15) is 0 Å². The van der Waals surface area contributed by atoms with E-state index in [9.17, 15) is 0 Å². The molecule has 0 nitrogen and oxygen atoms in total. The normalized spacial score (nSPS) is 21.0. The third-order valence-corrected chi connectivity index (χ3v) is 10.3. The van der Waals surface area contributed by atoms with Gasteiger partial charge in [0.05, 0.1) is 9.52 Å². The fraction of sp³-hybridized carbons (Fsp3) is 0.714. The summed E-state index contributed by atoms with van der Waals surface area (Å²) < 4.78 is 0. The molecule has 2 rings (SSSR count). The van der Waals surface area contributed by atoms with Crippen molar-refractivity contribution >= 4 is 32.7 Å². The SMILES string of the molecule is CC(C)(C)C1=C(Cl)CC([SiH2]C2=C(C(C)(C)C)C(C(C)(C)C)=C(Cl)C2(C)C)=C1C(C)(C)C.[Zr]. The van der Waals surface area contributed by atoms with Crippen molar-refractivity contribution in [2.75, 3.05) is 0 Å². The van der Waals surface area contributed by atoms with Crippen LogP contribution in [0.3, 0.4) is 0 Å². The van der Waals surface area contributed by atoms with Gasteiger partial charge in [-0.3, -0.25) is 0 Å². The second kappa shape index (κ2) is 9.26. The molecule has 0 bridgehead atoms. The largest absolute Gasteiger partial charge is 0.0885 e. The first-order chi connectivity index (χ1) is 13.5. The summed E-state index contributed by atoms with van der Waals surface area (Å²) in [6, 6.07) is 0. The average Bonchev–Trinajstić information content (AvgIpc) is 2.92. The van der Waals surface area contributed by atoms with Crippen LogP contribution < -0.4 is 0 Å². The van der Waals surface area contributed by atoms with E-state index in [1.807, 2.05) is 0 Å². The van der Waals surface area contributed by atoms with Crippen molar-refractivity contribution in [3.05, 3.63) is 42.7 Å². The zero-order chi connectivity index (χ0) is 24.5. The molecule has 0 aromatic rings. The Bertz CT molecular complexity index is 899. The van der Waals surface area contributed by atoms with Crippen molar-refractivity contribution in [1.29, 1.82) is 0 Å². The van der Waals surface area contributed by atoms with Crippen molar-refractivity contribution in [2.24, 2.45) is 27.1 Å². The van der Waals surface area contributed by atoms with Crippen LogP contribution in [0.5, 0.6) is 0 Å². The number of rotatable bonds is 2. The Kier molecular flexibility index (Phi) is 8.87. The minimum Gasteiger partial charge on any atom is -0.0885 e. The molecular weight excluding hydrogens is 527 g/mol. The van der Waals surface area contributed by atoms with E-state index in [0.29, 0.717) is 0 Å². The van der Waals surface area contributed by atoms with Gasteiger partial charge in [0.25, 0.3) is 0 Å². The quantitative estimate of drug-likeness (QED) is 0.289. The van der Waals surface area contributed by atoms with E-state index >= 15 is 0 Å². The summed E-state index contributed by atoms with van der Waals surface area (Å²) in [5, 5.41) is 5.35. The number of halogens is 2. The van der Waals surface area contributed by atoms with Gasteiger partial charge in [-0.1, -0.05) is 131 Å². The molecule has 0 atom stereocenters. The first kappa shape index (κ1) is 30.7. The van der Waals surface area contributed by atoms with Gasteiger partial charge in [0.2, 0.25) is 0 Å². The van der Waals surface area contributed by atoms with Gasteiger partial charge in [-0.15, -0.1) is 0 Å². The minimum atomic E-state index is -0.731. The molecule has 0 aliphatic heterocycles. The van der Waals surface area contributed by atoms with Crippen molar-refractivity contribution in [1.82, 2.24) is 0 Å². The van der Waals surface area contributed by atoms with Gasteiger partial charge in [-0.25, -0.2) is 0 Å². The predicted octanol–water partition coefficient (Wildman–Crippen LogP) is 9.27. The summed E-state index contributed by atoms with van der Waals surface area (Å²) in [4.78, 5) is 0. The molecule has 0 aromatic heterocycles. The predicted molar refractivity (Wildman–Crippen MR) is 145 cm³/mol. The van der Waals surface area contributed by atoms with Crippen LogP contribution in [0.25, 0.3) is 0 Å². The van der Waals surface area contributed by atoms with Crippen LogP contribution in [0.2, 0.25) is 0 Å². The van der Waals surface area contributed by atoms with Crippen molar-refractivity contribution < 1.29 is 26.2 Å². The van der Waals surface area contributed by atoms with Gasteiger partial charge in [0, 0.05) is 48.1 Å². The summed E-state index contributed by atoms with van der Waals surface area (Å²) in [5.74, 6) is 0. The zero-order valence-electron chi connectivity index (χ0n) is 23.2. The second-order valence-corrected chi connectivity index (χ2v) is 17.0. The molecule has 0 unspecified atom stereocenters. The van der Waals surface area contributed by atoms with Crippen LogP contribution in [0.1, 0.15) is 103 Å². The van der Waals surface area contributed by atoms with E-state index < -0.39 is 9.52 Å². The molecule has 0 radical (unpaired) electrons. The molecule has 0 saturated carbocycles. The molecule has 4 heteroatoms. The van der Waals surface area contributed by atoms with Gasteiger partial charge < -0.3 is 0 Å². The maximum absolute atomic E-state index is 7.20. The van der Waals surface area contributed by atoms with Gasteiger partial charge >= 0.3 is 0 Å². The standard InChI is InChI=1S/C28H46Cl2Si.Zr/c1-24(2,3)18-16(29)15-17(19(18)25(4,5)6)31-23-21(27(10,11)12)20(26(7,8)9)22(30)28(23,13)14;/h15,31H2,1-14H3;. The van der Waals surface area contributed by atoms with Crippen molar-refractivity contribution in [3.63, 3.8) is 0 Å². The van der Waals surface area contributed by atoms with E-state index in [2.05, 4.69) is 96.9 Å². The van der Waals surface area contributed by atoms with Crippen molar-refractivity contribution in [2.45, 2.75) is 103 Å². The smallest absolute Gasteiger partial charge is 0.0797 e. The Labute approximate surface area is 230 Å². The molecule has 0 N–H and O–H groups in total. The molecule has 0 saturated heterocycles. The minimum absolute atomic E-state index is 0. The number of hydrogen-bond acceptors (Lipinski definition) is 0. The van der Waals surface area contributed by atoms with E-state index in [-0.39, 0.29) is 53.3 Å². The maximum Gasteiger partial charge on any atom is 0.0797 e. The van der Waals surface area contributed by atoms with Crippen LogP contribution in [-0.2, 0) is 26.2 Å². The summed E-state index contributed by atoms with van der Waals surface area (Å²) in [5.41, 5.74) is 5.90. The molecule has 0 aromatic carbocycles.